The highest BCUT2D eigenvalue weighted by Crippen LogP contribution is 2.19. The van der Waals surface area contributed by atoms with Gasteiger partial charge in [-0.15, -0.1) is 11.3 Å². The molecule has 0 bridgehead atoms. The van der Waals surface area contributed by atoms with Gasteiger partial charge in [0.05, 0.1) is 12.2 Å². The highest BCUT2D eigenvalue weighted by atomic mass is 32.1. The third-order valence-corrected chi connectivity index (χ3v) is 4.36. The largest absolute Gasteiger partial charge is 0.348 e. The molecule has 4 nitrogen and oxygen atoms in total. The molecule has 0 aliphatic heterocycles. The first-order valence-corrected chi connectivity index (χ1v) is 7.92. The van der Waals surface area contributed by atoms with Crippen molar-refractivity contribution in [2.45, 2.75) is 32.4 Å². The van der Waals surface area contributed by atoms with E-state index in [1.807, 2.05) is 7.05 Å². The monoisotopic (exact) mass is 288 g/mol. The van der Waals surface area contributed by atoms with E-state index in [2.05, 4.69) is 62.4 Å². The van der Waals surface area contributed by atoms with Gasteiger partial charge in [-0.1, -0.05) is 13.3 Å². The summed E-state index contributed by atoms with van der Waals surface area (Å²) >= 11 is 1.67. The summed E-state index contributed by atoms with van der Waals surface area (Å²) in [6.07, 6.45) is 10.9. The van der Waals surface area contributed by atoms with E-state index in [-0.39, 0.29) is 0 Å². The van der Waals surface area contributed by atoms with Crippen LogP contribution in [0.5, 0.6) is 0 Å². The molecular weight excluding hydrogens is 268 g/mol. The SMILES string of the molecule is CCCC(NC)c1ccn(Cc2cn3ccsc3n2)c1. The van der Waals surface area contributed by atoms with Crippen molar-refractivity contribution in [1.29, 1.82) is 0 Å². The molecule has 3 heterocycles. The first-order valence-electron chi connectivity index (χ1n) is 7.04. The number of fused-ring (bicyclic) bond motifs is 1. The molecule has 0 aliphatic rings. The summed E-state index contributed by atoms with van der Waals surface area (Å²) in [7, 11) is 2.03. The molecule has 0 aliphatic carbocycles. The summed E-state index contributed by atoms with van der Waals surface area (Å²) in [5, 5.41) is 5.44. The summed E-state index contributed by atoms with van der Waals surface area (Å²) < 4.78 is 4.29. The average Bonchev–Trinajstić information content (AvgIpc) is 3.12. The van der Waals surface area contributed by atoms with Crippen molar-refractivity contribution < 1.29 is 0 Å². The second kappa shape index (κ2) is 5.81. The lowest BCUT2D eigenvalue weighted by molar-refractivity contribution is 0.540. The number of nitrogens with one attached hydrogen (secondary N) is 1. The van der Waals surface area contributed by atoms with Crippen molar-refractivity contribution in [1.82, 2.24) is 19.3 Å². The number of nitrogens with zero attached hydrogens (tertiary/aromatic N) is 3. The van der Waals surface area contributed by atoms with Crippen LogP contribution in [0.4, 0.5) is 0 Å². The van der Waals surface area contributed by atoms with Crippen molar-refractivity contribution in [2.75, 3.05) is 7.05 Å². The van der Waals surface area contributed by atoms with Gasteiger partial charge in [0.2, 0.25) is 0 Å². The molecule has 0 aromatic carbocycles. The Bertz CT molecular complexity index is 650. The Labute approximate surface area is 123 Å². The molecular formula is C15H20N4S. The van der Waals surface area contributed by atoms with Crippen molar-refractivity contribution >= 4 is 16.3 Å². The van der Waals surface area contributed by atoms with Gasteiger partial charge in [0, 0.05) is 36.2 Å². The van der Waals surface area contributed by atoms with Crippen LogP contribution >= 0.6 is 11.3 Å². The molecule has 3 aromatic heterocycles. The third-order valence-electron chi connectivity index (χ3n) is 3.59. The molecule has 3 rings (SSSR count). The fourth-order valence-corrected chi connectivity index (χ4v) is 3.29. The molecule has 5 heteroatoms. The second-order valence-electron chi connectivity index (χ2n) is 5.07. The maximum absolute atomic E-state index is 4.62. The molecule has 0 saturated heterocycles. The number of hydrogen-bond acceptors (Lipinski definition) is 3. The van der Waals surface area contributed by atoms with Gasteiger partial charge < -0.3 is 9.88 Å². The molecule has 0 amide bonds. The molecule has 0 radical (unpaired) electrons. The summed E-state index contributed by atoms with van der Waals surface area (Å²) in [4.78, 5) is 5.69. The number of imidazole rings is 1. The molecule has 3 aromatic rings. The summed E-state index contributed by atoms with van der Waals surface area (Å²) in [5.41, 5.74) is 2.46. The van der Waals surface area contributed by atoms with E-state index < -0.39 is 0 Å². The summed E-state index contributed by atoms with van der Waals surface area (Å²) in [6.45, 7) is 3.05. The molecule has 0 saturated carbocycles. The lowest BCUT2D eigenvalue weighted by Gasteiger charge is -2.13. The topological polar surface area (TPSA) is 34.3 Å². The minimum absolute atomic E-state index is 0.451. The van der Waals surface area contributed by atoms with E-state index in [0.29, 0.717) is 6.04 Å². The minimum Gasteiger partial charge on any atom is -0.348 e. The van der Waals surface area contributed by atoms with Crippen LogP contribution < -0.4 is 5.32 Å². The van der Waals surface area contributed by atoms with Crippen molar-refractivity contribution in [3.63, 3.8) is 0 Å². The highest BCUT2D eigenvalue weighted by molar-refractivity contribution is 7.15. The van der Waals surface area contributed by atoms with E-state index >= 15 is 0 Å². The van der Waals surface area contributed by atoms with Crippen LogP contribution in [0.1, 0.15) is 37.1 Å². The molecule has 1 unspecified atom stereocenters. The van der Waals surface area contributed by atoms with E-state index in [1.54, 1.807) is 11.3 Å². The smallest absolute Gasteiger partial charge is 0.193 e. The maximum Gasteiger partial charge on any atom is 0.193 e. The quantitative estimate of drug-likeness (QED) is 0.755. The number of hydrogen-bond donors (Lipinski definition) is 1. The zero-order chi connectivity index (χ0) is 13.9. The van der Waals surface area contributed by atoms with Crippen LogP contribution in [0.25, 0.3) is 4.96 Å². The Morgan fingerprint density at radius 3 is 3.00 bits per heavy atom. The first-order chi connectivity index (χ1) is 9.80. The summed E-state index contributed by atoms with van der Waals surface area (Å²) in [6, 6.07) is 2.65. The lowest BCUT2D eigenvalue weighted by atomic mass is 10.1. The van der Waals surface area contributed by atoms with Gasteiger partial charge in [-0.05, 0) is 25.1 Å². The predicted octanol–water partition coefficient (Wildman–Crippen LogP) is 3.31. The molecule has 1 N–H and O–H groups in total. The third kappa shape index (κ3) is 2.64. The average molecular weight is 288 g/mol. The standard InChI is InChI=1S/C15H20N4S/c1-3-4-14(16-2)12-5-6-18(9-12)10-13-11-19-7-8-20-15(19)17-13/h5-9,11,14,16H,3-4,10H2,1-2H3. The zero-order valence-corrected chi connectivity index (χ0v) is 12.7. The Morgan fingerprint density at radius 2 is 2.25 bits per heavy atom. The van der Waals surface area contributed by atoms with Gasteiger partial charge in [-0.2, -0.15) is 0 Å². The van der Waals surface area contributed by atoms with E-state index in [1.165, 1.54) is 18.4 Å². The zero-order valence-electron chi connectivity index (χ0n) is 11.9. The lowest BCUT2D eigenvalue weighted by Crippen LogP contribution is -2.15. The van der Waals surface area contributed by atoms with Gasteiger partial charge in [0.25, 0.3) is 0 Å². The fraction of sp³-hybridized carbons (Fsp3) is 0.400. The number of rotatable bonds is 6. The Kier molecular flexibility index (Phi) is 3.89. The molecule has 0 fully saturated rings. The van der Waals surface area contributed by atoms with Gasteiger partial charge in [-0.3, -0.25) is 4.40 Å². The second-order valence-corrected chi connectivity index (χ2v) is 5.95. The number of thiazole rings is 1. The highest BCUT2D eigenvalue weighted by Gasteiger charge is 2.10. The van der Waals surface area contributed by atoms with Crippen molar-refractivity contribution in [2.24, 2.45) is 0 Å². The van der Waals surface area contributed by atoms with Crippen molar-refractivity contribution in [3.8, 4) is 0 Å². The molecule has 106 valence electrons. The van der Waals surface area contributed by atoms with E-state index in [9.17, 15) is 0 Å². The maximum atomic E-state index is 4.62. The van der Waals surface area contributed by atoms with Gasteiger partial charge in [0.15, 0.2) is 4.96 Å². The Hall–Kier alpha value is -1.59. The Morgan fingerprint density at radius 1 is 1.35 bits per heavy atom. The first kappa shape index (κ1) is 13.4. The number of aromatic nitrogens is 3. The molecule has 20 heavy (non-hydrogen) atoms. The van der Waals surface area contributed by atoms with Crippen LogP contribution in [0.3, 0.4) is 0 Å². The van der Waals surface area contributed by atoms with Crippen LogP contribution in [0.2, 0.25) is 0 Å². The molecule has 0 spiro atoms. The summed E-state index contributed by atoms with van der Waals surface area (Å²) in [5.74, 6) is 0. The predicted molar refractivity (Wildman–Crippen MR) is 83.3 cm³/mol. The Balaban J connectivity index is 1.74. The van der Waals surface area contributed by atoms with E-state index in [4.69, 9.17) is 0 Å². The van der Waals surface area contributed by atoms with E-state index in [0.717, 1.165) is 17.2 Å². The van der Waals surface area contributed by atoms with Gasteiger partial charge >= 0.3 is 0 Å². The van der Waals surface area contributed by atoms with Gasteiger partial charge in [-0.25, -0.2) is 4.98 Å². The molecule has 1 atom stereocenters. The van der Waals surface area contributed by atoms with Crippen LogP contribution in [-0.2, 0) is 6.54 Å². The van der Waals surface area contributed by atoms with Gasteiger partial charge in [0.1, 0.15) is 0 Å². The fourth-order valence-electron chi connectivity index (χ4n) is 2.57. The van der Waals surface area contributed by atoms with Crippen LogP contribution in [0.15, 0.2) is 36.2 Å². The normalized spacial score (nSPS) is 13.1. The minimum atomic E-state index is 0.451. The van der Waals surface area contributed by atoms with Crippen LogP contribution in [-0.4, -0.2) is 21.0 Å². The van der Waals surface area contributed by atoms with Crippen LogP contribution in [0, 0.1) is 0 Å². The van der Waals surface area contributed by atoms with Crippen molar-refractivity contribution in [3.05, 3.63) is 47.5 Å².